The summed E-state index contributed by atoms with van der Waals surface area (Å²) in [6.07, 6.45) is 5.53. The van der Waals surface area contributed by atoms with Gasteiger partial charge in [0.25, 0.3) is 0 Å². The molecule has 4 unspecified atom stereocenters. The minimum Gasteiger partial charge on any atom is -0.353 e. The molecule has 1 fully saturated rings. The van der Waals surface area contributed by atoms with Gasteiger partial charge in [-0.2, -0.15) is 0 Å². The highest BCUT2D eigenvalue weighted by Gasteiger charge is 2.26. The van der Waals surface area contributed by atoms with E-state index >= 15 is 0 Å². The summed E-state index contributed by atoms with van der Waals surface area (Å²) < 4.78 is 11.9. The van der Waals surface area contributed by atoms with E-state index in [9.17, 15) is 0 Å². The molecule has 20 heavy (non-hydrogen) atoms. The van der Waals surface area contributed by atoms with E-state index in [1.54, 1.807) is 11.3 Å². The maximum atomic E-state index is 6.22. The number of rotatable bonds is 7. The molecule has 5 heteroatoms. The van der Waals surface area contributed by atoms with Crippen molar-refractivity contribution in [1.82, 2.24) is 0 Å². The normalized spacial score (nSPS) is 24.2. The summed E-state index contributed by atoms with van der Waals surface area (Å²) in [6, 6.07) is 4.29. The largest absolute Gasteiger partial charge is 0.353 e. The van der Waals surface area contributed by atoms with Gasteiger partial charge in [-0.3, -0.25) is 0 Å². The minimum atomic E-state index is -0.0246. The van der Waals surface area contributed by atoms with Crippen LogP contribution in [-0.4, -0.2) is 28.7 Å². The van der Waals surface area contributed by atoms with Gasteiger partial charge in [-0.25, -0.2) is 0 Å². The molecule has 0 amide bonds. The molecule has 2 heterocycles. The maximum Gasteiger partial charge on any atom is 0.158 e. The summed E-state index contributed by atoms with van der Waals surface area (Å²) in [5, 5.41) is 2.13. The van der Waals surface area contributed by atoms with Crippen LogP contribution < -0.4 is 0 Å². The minimum absolute atomic E-state index is 0.0246. The van der Waals surface area contributed by atoms with Gasteiger partial charge in [0.15, 0.2) is 6.29 Å². The summed E-state index contributed by atoms with van der Waals surface area (Å²) in [5.74, 6) is 0. The molecular formula is C15H22Br2O2S. The molecule has 0 saturated carbocycles. The van der Waals surface area contributed by atoms with Crippen LogP contribution in [0.2, 0.25) is 0 Å². The van der Waals surface area contributed by atoms with Gasteiger partial charge in [0, 0.05) is 21.1 Å². The lowest BCUT2D eigenvalue weighted by molar-refractivity contribution is -0.188. The second-order valence-electron chi connectivity index (χ2n) is 5.29. The molecule has 0 bridgehead atoms. The van der Waals surface area contributed by atoms with Crippen molar-refractivity contribution in [2.45, 2.75) is 61.1 Å². The number of ether oxygens (including phenoxy) is 2. The van der Waals surface area contributed by atoms with Gasteiger partial charge in [0.1, 0.15) is 0 Å². The second-order valence-corrected chi connectivity index (χ2v) is 9.06. The molecule has 0 N–H and O–H groups in total. The molecule has 1 aromatic heterocycles. The Morgan fingerprint density at radius 1 is 1.45 bits per heavy atom. The highest BCUT2D eigenvalue weighted by atomic mass is 79.9. The van der Waals surface area contributed by atoms with Crippen molar-refractivity contribution in [3.8, 4) is 0 Å². The zero-order chi connectivity index (χ0) is 14.4. The van der Waals surface area contributed by atoms with Crippen LogP contribution in [0.15, 0.2) is 17.5 Å². The summed E-state index contributed by atoms with van der Waals surface area (Å²) in [7, 11) is 0. The van der Waals surface area contributed by atoms with E-state index in [-0.39, 0.29) is 12.4 Å². The molecule has 1 aliphatic heterocycles. The van der Waals surface area contributed by atoms with Crippen molar-refractivity contribution in [2.24, 2.45) is 0 Å². The van der Waals surface area contributed by atoms with Crippen LogP contribution >= 0.6 is 43.2 Å². The summed E-state index contributed by atoms with van der Waals surface area (Å²) in [4.78, 5) is 2.17. The van der Waals surface area contributed by atoms with Crippen LogP contribution in [0.4, 0.5) is 0 Å². The lowest BCUT2D eigenvalue weighted by atomic mass is 10.1. The predicted molar refractivity (Wildman–Crippen MR) is 92.2 cm³/mol. The number of halogens is 2. The Hall–Kier alpha value is 0.580. The maximum absolute atomic E-state index is 6.22. The Morgan fingerprint density at radius 2 is 2.30 bits per heavy atom. The van der Waals surface area contributed by atoms with Crippen LogP contribution in [0.25, 0.3) is 0 Å². The van der Waals surface area contributed by atoms with Gasteiger partial charge < -0.3 is 9.47 Å². The average Bonchev–Trinajstić information content (AvgIpc) is 2.91. The van der Waals surface area contributed by atoms with E-state index in [0.29, 0.717) is 9.65 Å². The van der Waals surface area contributed by atoms with E-state index in [0.717, 1.165) is 32.3 Å². The van der Waals surface area contributed by atoms with Gasteiger partial charge in [-0.1, -0.05) is 44.8 Å². The molecule has 2 nitrogen and oxygen atoms in total. The van der Waals surface area contributed by atoms with Crippen molar-refractivity contribution in [3.63, 3.8) is 0 Å². The number of alkyl halides is 2. The van der Waals surface area contributed by atoms with Crippen LogP contribution in [-0.2, 0) is 15.9 Å². The SMILES string of the molecule is CC(Br)CC(OC1CCCCO1)C(Br)Cc1cccs1. The Morgan fingerprint density at radius 3 is 2.90 bits per heavy atom. The summed E-state index contributed by atoms with van der Waals surface area (Å²) >= 11 is 9.28. The highest BCUT2D eigenvalue weighted by Crippen LogP contribution is 2.27. The van der Waals surface area contributed by atoms with Crippen molar-refractivity contribution < 1.29 is 9.47 Å². The van der Waals surface area contributed by atoms with E-state index in [4.69, 9.17) is 9.47 Å². The molecule has 0 aliphatic carbocycles. The third kappa shape index (κ3) is 5.76. The fourth-order valence-corrected chi connectivity index (χ4v) is 4.41. The zero-order valence-electron chi connectivity index (χ0n) is 11.8. The van der Waals surface area contributed by atoms with E-state index in [1.807, 2.05) is 0 Å². The topological polar surface area (TPSA) is 18.5 Å². The fraction of sp³-hybridized carbons (Fsp3) is 0.733. The molecule has 0 radical (unpaired) electrons. The van der Waals surface area contributed by atoms with E-state index < -0.39 is 0 Å². The van der Waals surface area contributed by atoms with Crippen molar-refractivity contribution >= 4 is 43.2 Å². The number of thiophene rings is 1. The number of hydrogen-bond donors (Lipinski definition) is 0. The quantitative estimate of drug-likeness (QED) is 0.563. The first-order valence-electron chi connectivity index (χ1n) is 7.22. The van der Waals surface area contributed by atoms with Gasteiger partial charge >= 0.3 is 0 Å². The molecule has 114 valence electrons. The first kappa shape index (κ1) is 16.9. The molecule has 0 spiro atoms. The van der Waals surface area contributed by atoms with Gasteiger partial charge in [-0.05, 0) is 43.6 Å². The Labute approximate surface area is 142 Å². The van der Waals surface area contributed by atoms with Crippen molar-refractivity contribution in [1.29, 1.82) is 0 Å². The molecule has 1 saturated heterocycles. The smallest absolute Gasteiger partial charge is 0.158 e. The Bertz CT molecular complexity index is 364. The standard InChI is InChI=1S/C15H22Br2O2S/c1-11(16)9-14(19-15-6-2-3-7-18-15)13(17)10-12-5-4-8-20-12/h4-5,8,11,13-15H,2-3,6-7,9-10H2,1H3. The molecular weight excluding hydrogens is 404 g/mol. The van der Waals surface area contributed by atoms with Crippen molar-refractivity contribution in [2.75, 3.05) is 6.61 Å². The highest BCUT2D eigenvalue weighted by molar-refractivity contribution is 9.09. The lowest BCUT2D eigenvalue weighted by Gasteiger charge is -2.31. The first-order chi connectivity index (χ1) is 9.65. The predicted octanol–water partition coefficient (Wildman–Crippen LogP) is 5.14. The first-order valence-corrected chi connectivity index (χ1v) is 9.94. The van der Waals surface area contributed by atoms with Crippen LogP contribution in [0.5, 0.6) is 0 Å². The summed E-state index contributed by atoms with van der Waals surface area (Å²) in [6.45, 7) is 3.00. The lowest BCUT2D eigenvalue weighted by Crippen LogP contribution is -2.35. The summed E-state index contributed by atoms with van der Waals surface area (Å²) in [5.41, 5.74) is 0. The third-order valence-corrected chi connectivity index (χ3v) is 5.59. The third-order valence-electron chi connectivity index (χ3n) is 3.40. The van der Waals surface area contributed by atoms with Crippen LogP contribution in [0.1, 0.15) is 37.5 Å². The van der Waals surface area contributed by atoms with Crippen molar-refractivity contribution in [3.05, 3.63) is 22.4 Å². The fourth-order valence-electron chi connectivity index (χ4n) is 2.37. The molecule has 1 aliphatic rings. The molecule has 1 aromatic rings. The zero-order valence-corrected chi connectivity index (χ0v) is 15.8. The van der Waals surface area contributed by atoms with Crippen LogP contribution in [0, 0.1) is 0 Å². The van der Waals surface area contributed by atoms with E-state index in [1.165, 1.54) is 11.3 Å². The monoisotopic (exact) mass is 424 g/mol. The number of hydrogen-bond acceptors (Lipinski definition) is 3. The molecule has 4 atom stereocenters. The van der Waals surface area contributed by atoms with Gasteiger partial charge in [-0.15, -0.1) is 11.3 Å². The van der Waals surface area contributed by atoms with Gasteiger partial charge in [0.2, 0.25) is 0 Å². The Balaban J connectivity index is 1.90. The van der Waals surface area contributed by atoms with Gasteiger partial charge in [0.05, 0.1) is 6.10 Å². The van der Waals surface area contributed by atoms with Crippen LogP contribution in [0.3, 0.4) is 0 Å². The second kappa shape index (κ2) is 8.89. The molecule has 2 rings (SSSR count). The molecule has 0 aromatic carbocycles. The average molecular weight is 426 g/mol. The Kier molecular flexibility index (Phi) is 7.53. The van der Waals surface area contributed by atoms with E-state index in [2.05, 4.69) is 56.3 Å².